The summed E-state index contributed by atoms with van der Waals surface area (Å²) in [6.07, 6.45) is 0.972. The average molecular weight is 331 g/mol. The van der Waals surface area contributed by atoms with Gasteiger partial charge >= 0.3 is 0 Å². The predicted octanol–water partition coefficient (Wildman–Crippen LogP) is 2.66. The lowest BCUT2D eigenvalue weighted by atomic mass is 10.3. The Balaban J connectivity index is 2.51. The van der Waals surface area contributed by atoms with Crippen LogP contribution in [0.2, 0.25) is 0 Å². The Kier molecular flexibility index (Phi) is 7.64. The fourth-order valence-corrected chi connectivity index (χ4v) is 2.87. The zero-order valence-electron chi connectivity index (χ0n) is 12.7. The minimum Gasteiger partial charge on any atom is -0.310 e. The quantitative estimate of drug-likeness (QED) is 0.706. The van der Waals surface area contributed by atoms with E-state index in [9.17, 15) is 0 Å². The van der Waals surface area contributed by atoms with E-state index in [0.29, 0.717) is 0 Å². The normalized spacial score (nSPS) is 11.5. The van der Waals surface area contributed by atoms with Gasteiger partial charge in [0.1, 0.15) is 0 Å². The largest absolute Gasteiger partial charge is 0.310 e. The van der Waals surface area contributed by atoms with Crippen molar-refractivity contribution in [3.8, 4) is 0 Å². The van der Waals surface area contributed by atoms with E-state index in [1.807, 2.05) is 0 Å². The first kappa shape index (κ1) is 16.7. The van der Waals surface area contributed by atoms with E-state index in [-0.39, 0.29) is 0 Å². The van der Waals surface area contributed by atoms with Crippen LogP contribution in [0.25, 0.3) is 0 Å². The van der Waals surface area contributed by atoms with Gasteiger partial charge in [0.05, 0.1) is 15.9 Å². The highest BCUT2D eigenvalue weighted by atomic mass is 79.9. The van der Waals surface area contributed by atoms with Crippen molar-refractivity contribution >= 4 is 15.9 Å². The summed E-state index contributed by atoms with van der Waals surface area (Å²) in [7, 11) is 0. The Morgan fingerprint density at radius 1 is 1.21 bits per heavy atom. The molecule has 0 aromatic carbocycles. The van der Waals surface area contributed by atoms with Gasteiger partial charge in [-0.1, -0.05) is 20.8 Å². The van der Waals surface area contributed by atoms with Crippen LogP contribution in [0.15, 0.2) is 4.47 Å². The number of aromatic nitrogens is 2. The van der Waals surface area contributed by atoms with Crippen molar-refractivity contribution in [1.82, 2.24) is 20.0 Å². The summed E-state index contributed by atoms with van der Waals surface area (Å²) in [6, 6.07) is 0. The van der Waals surface area contributed by atoms with Gasteiger partial charge in [-0.3, -0.25) is 4.68 Å². The molecule has 0 radical (unpaired) electrons. The Hall–Kier alpha value is -0.390. The molecule has 1 N–H and O–H groups in total. The topological polar surface area (TPSA) is 33.1 Å². The first-order chi connectivity index (χ1) is 9.17. The van der Waals surface area contributed by atoms with E-state index in [0.717, 1.165) is 51.4 Å². The fourth-order valence-electron chi connectivity index (χ4n) is 2.17. The first-order valence-corrected chi connectivity index (χ1v) is 8.14. The van der Waals surface area contributed by atoms with Crippen LogP contribution in [0.3, 0.4) is 0 Å². The van der Waals surface area contributed by atoms with Gasteiger partial charge in [0.15, 0.2) is 0 Å². The van der Waals surface area contributed by atoms with Gasteiger partial charge in [0.2, 0.25) is 0 Å². The molecule has 1 rings (SSSR count). The molecule has 0 aliphatic carbocycles. The molecule has 0 amide bonds. The standard InChI is InChI=1S/C14H27BrN4/c1-5-12-14(15)13(19(8-4)17-12)11-16-9-10-18(6-2)7-3/h16H,5-11H2,1-4H3. The molecular weight excluding hydrogens is 304 g/mol. The molecule has 0 atom stereocenters. The SMILES string of the molecule is CCc1nn(CC)c(CNCCN(CC)CC)c1Br. The molecule has 0 aliphatic heterocycles. The molecular formula is C14H27BrN4. The van der Waals surface area contributed by atoms with Gasteiger partial charge < -0.3 is 10.2 Å². The van der Waals surface area contributed by atoms with Crippen LogP contribution in [0, 0.1) is 0 Å². The number of nitrogens with one attached hydrogen (secondary N) is 1. The highest BCUT2D eigenvalue weighted by Crippen LogP contribution is 2.22. The van der Waals surface area contributed by atoms with Crippen molar-refractivity contribution < 1.29 is 0 Å². The lowest BCUT2D eigenvalue weighted by molar-refractivity contribution is 0.301. The molecule has 0 spiro atoms. The van der Waals surface area contributed by atoms with Gasteiger partial charge in [-0.25, -0.2) is 0 Å². The Morgan fingerprint density at radius 2 is 1.89 bits per heavy atom. The van der Waals surface area contributed by atoms with Crippen molar-refractivity contribution in [1.29, 1.82) is 0 Å². The number of hydrogen-bond donors (Lipinski definition) is 1. The third-order valence-corrected chi connectivity index (χ3v) is 4.40. The summed E-state index contributed by atoms with van der Waals surface area (Å²) in [6.45, 7) is 14.9. The van der Waals surface area contributed by atoms with Crippen LogP contribution in [-0.2, 0) is 19.5 Å². The van der Waals surface area contributed by atoms with Crippen molar-refractivity contribution in [3.63, 3.8) is 0 Å². The van der Waals surface area contributed by atoms with E-state index in [1.54, 1.807) is 0 Å². The number of nitrogens with zero attached hydrogens (tertiary/aromatic N) is 3. The van der Waals surface area contributed by atoms with Gasteiger partial charge in [-0.15, -0.1) is 0 Å². The van der Waals surface area contributed by atoms with Crippen LogP contribution in [0.4, 0.5) is 0 Å². The lowest BCUT2D eigenvalue weighted by Crippen LogP contribution is -2.32. The van der Waals surface area contributed by atoms with Crippen molar-refractivity contribution in [2.75, 3.05) is 26.2 Å². The zero-order valence-corrected chi connectivity index (χ0v) is 14.3. The number of rotatable bonds is 9. The smallest absolute Gasteiger partial charge is 0.0767 e. The maximum atomic E-state index is 4.61. The third-order valence-electron chi connectivity index (χ3n) is 3.49. The van der Waals surface area contributed by atoms with Crippen LogP contribution >= 0.6 is 15.9 Å². The maximum absolute atomic E-state index is 4.61. The van der Waals surface area contributed by atoms with Crippen LogP contribution in [-0.4, -0.2) is 40.9 Å². The Bertz CT molecular complexity index is 372. The van der Waals surface area contributed by atoms with Crippen molar-refractivity contribution in [3.05, 3.63) is 15.9 Å². The maximum Gasteiger partial charge on any atom is 0.0767 e. The molecule has 0 fully saturated rings. The second-order valence-corrected chi connectivity index (χ2v) is 5.37. The van der Waals surface area contributed by atoms with Gasteiger partial charge in [0, 0.05) is 26.2 Å². The molecule has 0 saturated heterocycles. The van der Waals surface area contributed by atoms with Crippen LogP contribution < -0.4 is 5.32 Å². The van der Waals surface area contributed by atoms with Crippen LogP contribution in [0.1, 0.15) is 39.1 Å². The monoisotopic (exact) mass is 330 g/mol. The highest BCUT2D eigenvalue weighted by molar-refractivity contribution is 9.10. The highest BCUT2D eigenvalue weighted by Gasteiger charge is 2.13. The molecule has 1 heterocycles. The van der Waals surface area contributed by atoms with E-state index in [4.69, 9.17) is 0 Å². The second kappa shape index (κ2) is 8.72. The second-order valence-electron chi connectivity index (χ2n) is 4.58. The van der Waals surface area contributed by atoms with E-state index in [2.05, 4.69) is 63.6 Å². The summed E-state index contributed by atoms with van der Waals surface area (Å²) >= 11 is 3.68. The fraction of sp³-hybridized carbons (Fsp3) is 0.786. The molecule has 0 bridgehead atoms. The van der Waals surface area contributed by atoms with Gasteiger partial charge in [-0.2, -0.15) is 5.10 Å². The predicted molar refractivity (Wildman–Crippen MR) is 84.5 cm³/mol. The van der Waals surface area contributed by atoms with Crippen molar-refractivity contribution in [2.45, 2.75) is 47.2 Å². The molecule has 110 valence electrons. The molecule has 19 heavy (non-hydrogen) atoms. The summed E-state index contributed by atoms with van der Waals surface area (Å²) in [5.74, 6) is 0. The number of aryl methyl sites for hydroxylation is 2. The third kappa shape index (κ3) is 4.58. The minimum absolute atomic E-state index is 0.878. The summed E-state index contributed by atoms with van der Waals surface area (Å²) in [5.41, 5.74) is 2.42. The van der Waals surface area contributed by atoms with E-state index < -0.39 is 0 Å². The molecule has 0 saturated carbocycles. The molecule has 5 heteroatoms. The first-order valence-electron chi connectivity index (χ1n) is 7.34. The van der Waals surface area contributed by atoms with Crippen LogP contribution in [0.5, 0.6) is 0 Å². The minimum atomic E-state index is 0.878. The zero-order chi connectivity index (χ0) is 14.3. The Morgan fingerprint density at radius 3 is 2.42 bits per heavy atom. The Labute approximate surface area is 125 Å². The molecule has 0 unspecified atom stereocenters. The molecule has 4 nitrogen and oxygen atoms in total. The molecule has 1 aromatic heterocycles. The summed E-state index contributed by atoms with van der Waals surface area (Å²) in [4.78, 5) is 2.43. The number of likely N-dealkylation sites (N-methyl/N-ethyl adjacent to an activating group) is 1. The summed E-state index contributed by atoms with van der Waals surface area (Å²) in [5, 5.41) is 8.13. The average Bonchev–Trinajstić information content (AvgIpc) is 2.75. The van der Waals surface area contributed by atoms with E-state index >= 15 is 0 Å². The summed E-state index contributed by atoms with van der Waals surface area (Å²) < 4.78 is 3.26. The molecule has 0 aliphatic rings. The number of halogens is 1. The lowest BCUT2D eigenvalue weighted by Gasteiger charge is -2.18. The van der Waals surface area contributed by atoms with Crippen molar-refractivity contribution in [2.24, 2.45) is 0 Å². The number of hydrogen-bond acceptors (Lipinski definition) is 3. The molecule has 1 aromatic rings. The van der Waals surface area contributed by atoms with Gasteiger partial charge in [0.25, 0.3) is 0 Å². The van der Waals surface area contributed by atoms with Gasteiger partial charge in [-0.05, 0) is 42.4 Å². The van der Waals surface area contributed by atoms with E-state index in [1.165, 1.54) is 10.2 Å².